The average Bonchev–Trinajstić information content (AvgIpc) is 2.66. The van der Waals surface area contributed by atoms with E-state index in [1.807, 2.05) is 0 Å². The summed E-state index contributed by atoms with van der Waals surface area (Å²) in [6.45, 7) is -0.385. The van der Waals surface area contributed by atoms with Crippen LogP contribution in [-0.4, -0.2) is 58.6 Å². The molecule has 0 aliphatic heterocycles. The highest BCUT2D eigenvalue weighted by molar-refractivity contribution is 5.37. The molecule has 0 radical (unpaired) electrons. The Kier molecular flexibility index (Phi) is 8.16. The normalized spacial score (nSPS) is 9.58. The van der Waals surface area contributed by atoms with E-state index in [4.69, 9.17) is 29.2 Å². The molecular formula is C14H20N4O6. The molecule has 2 rings (SSSR count). The van der Waals surface area contributed by atoms with Crippen LogP contribution in [0.3, 0.4) is 0 Å². The lowest BCUT2D eigenvalue weighted by Crippen LogP contribution is -2.00. The van der Waals surface area contributed by atoms with Gasteiger partial charge in [-0.2, -0.15) is 9.97 Å². The Labute approximate surface area is 139 Å². The van der Waals surface area contributed by atoms with Crippen molar-refractivity contribution in [2.75, 3.05) is 28.4 Å². The predicted molar refractivity (Wildman–Crippen MR) is 82.1 cm³/mol. The van der Waals surface area contributed by atoms with Gasteiger partial charge in [0.2, 0.25) is 11.5 Å². The van der Waals surface area contributed by atoms with Gasteiger partial charge in [0.25, 0.3) is 11.8 Å². The summed E-state index contributed by atoms with van der Waals surface area (Å²) in [6.07, 6.45) is 2.62. The standard InChI is InChI=1S/2C7H10N2O3/c2*1-11-6-5(3-10)8-4-9-7(6)12-2/h2*4,10H,3H2,1-2H3. The zero-order valence-corrected chi connectivity index (χ0v) is 13.9. The molecule has 2 aromatic rings. The molecule has 0 saturated carbocycles. The van der Waals surface area contributed by atoms with E-state index in [9.17, 15) is 0 Å². The van der Waals surface area contributed by atoms with Crippen LogP contribution in [0, 0.1) is 0 Å². The fraction of sp³-hybridized carbons (Fsp3) is 0.429. The molecule has 0 amide bonds. The highest BCUT2D eigenvalue weighted by atomic mass is 16.5. The monoisotopic (exact) mass is 340 g/mol. The number of ether oxygens (including phenoxy) is 4. The van der Waals surface area contributed by atoms with Crippen LogP contribution in [0.2, 0.25) is 0 Å². The fourth-order valence-corrected chi connectivity index (χ4v) is 1.71. The highest BCUT2D eigenvalue weighted by Crippen LogP contribution is 2.26. The zero-order chi connectivity index (χ0) is 17.9. The summed E-state index contributed by atoms with van der Waals surface area (Å²) in [4.78, 5) is 15.2. The van der Waals surface area contributed by atoms with Gasteiger partial charge < -0.3 is 29.2 Å². The summed E-state index contributed by atoms with van der Waals surface area (Å²) in [5, 5.41) is 17.7. The van der Waals surface area contributed by atoms with E-state index in [-0.39, 0.29) is 13.2 Å². The zero-order valence-electron chi connectivity index (χ0n) is 13.9. The van der Waals surface area contributed by atoms with Gasteiger partial charge in [0.15, 0.2) is 0 Å². The number of aromatic nitrogens is 4. The van der Waals surface area contributed by atoms with Gasteiger partial charge in [-0.1, -0.05) is 0 Å². The van der Waals surface area contributed by atoms with Crippen LogP contribution >= 0.6 is 0 Å². The Morgan fingerprint density at radius 2 is 1.04 bits per heavy atom. The smallest absolute Gasteiger partial charge is 0.260 e. The molecule has 0 aromatic carbocycles. The van der Waals surface area contributed by atoms with Crippen molar-refractivity contribution in [1.82, 2.24) is 19.9 Å². The quantitative estimate of drug-likeness (QED) is 0.739. The molecule has 0 bridgehead atoms. The topological polar surface area (TPSA) is 129 Å². The van der Waals surface area contributed by atoms with Gasteiger partial charge in [-0.05, 0) is 0 Å². The second-order valence-electron chi connectivity index (χ2n) is 4.04. The molecule has 132 valence electrons. The van der Waals surface area contributed by atoms with E-state index in [1.54, 1.807) is 0 Å². The van der Waals surface area contributed by atoms with Gasteiger partial charge in [-0.3, -0.25) is 0 Å². The van der Waals surface area contributed by atoms with Crippen LogP contribution < -0.4 is 18.9 Å². The second kappa shape index (κ2) is 10.1. The van der Waals surface area contributed by atoms with E-state index in [1.165, 1.54) is 41.1 Å². The molecule has 2 aromatic heterocycles. The van der Waals surface area contributed by atoms with Crippen molar-refractivity contribution >= 4 is 0 Å². The van der Waals surface area contributed by atoms with Crippen molar-refractivity contribution < 1.29 is 29.2 Å². The third kappa shape index (κ3) is 4.64. The van der Waals surface area contributed by atoms with Crippen molar-refractivity contribution in [2.45, 2.75) is 13.2 Å². The maximum atomic E-state index is 8.84. The number of hydrogen-bond donors (Lipinski definition) is 2. The fourth-order valence-electron chi connectivity index (χ4n) is 1.71. The first-order valence-corrected chi connectivity index (χ1v) is 6.72. The molecule has 2 heterocycles. The first kappa shape index (κ1) is 19.3. The SMILES string of the molecule is COc1ncnc(CO)c1OC.COc1ncnc(CO)c1OC. The van der Waals surface area contributed by atoms with Gasteiger partial charge in [0.05, 0.1) is 41.7 Å². The number of hydrogen-bond acceptors (Lipinski definition) is 10. The molecule has 0 atom stereocenters. The molecule has 2 N–H and O–H groups in total. The molecule has 0 unspecified atom stereocenters. The Balaban J connectivity index is 0.000000240. The Morgan fingerprint density at radius 3 is 1.29 bits per heavy atom. The number of methoxy groups -OCH3 is 4. The molecule has 0 aliphatic carbocycles. The largest absolute Gasteiger partial charge is 0.490 e. The highest BCUT2D eigenvalue weighted by Gasteiger charge is 2.11. The van der Waals surface area contributed by atoms with Crippen LogP contribution in [-0.2, 0) is 13.2 Å². The van der Waals surface area contributed by atoms with Crippen molar-refractivity contribution in [1.29, 1.82) is 0 Å². The van der Waals surface area contributed by atoms with Crippen LogP contribution in [0.5, 0.6) is 23.3 Å². The lowest BCUT2D eigenvalue weighted by molar-refractivity contribution is 0.261. The molecular weight excluding hydrogens is 320 g/mol. The van der Waals surface area contributed by atoms with Gasteiger partial charge in [-0.25, -0.2) is 9.97 Å². The molecule has 0 saturated heterocycles. The molecule has 10 nitrogen and oxygen atoms in total. The van der Waals surface area contributed by atoms with Crippen LogP contribution in [0.15, 0.2) is 12.7 Å². The lowest BCUT2D eigenvalue weighted by Gasteiger charge is -2.07. The number of aliphatic hydroxyl groups excluding tert-OH is 2. The van der Waals surface area contributed by atoms with E-state index >= 15 is 0 Å². The van der Waals surface area contributed by atoms with Gasteiger partial charge in [-0.15, -0.1) is 0 Å². The molecule has 0 spiro atoms. The van der Waals surface area contributed by atoms with Crippen molar-refractivity contribution in [3.05, 3.63) is 24.0 Å². The van der Waals surface area contributed by atoms with Crippen LogP contribution in [0.1, 0.15) is 11.4 Å². The minimum atomic E-state index is -0.192. The summed E-state index contributed by atoms with van der Waals surface area (Å²) in [5.41, 5.74) is 0.841. The van der Waals surface area contributed by atoms with Gasteiger partial charge in [0, 0.05) is 0 Å². The molecule has 10 heteroatoms. The predicted octanol–water partition coefficient (Wildman–Crippen LogP) is -0.0278. The minimum Gasteiger partial charge on any atom is -0.490 e. The summed E-state index contributed by atoms with van der Waals surface area (Å²) < 4.78 is 19.7. The van der Waals surface area contributed by atoms with E-state index in [0.29, 0.717) is 34.6 Å². The maximum absolute atomic E-state index is 8.84. The number of aliphatic hydroxyl groups is 2. The first-order chi connectivity index (χ1) is 11.7. The first-order valence-electron chi connectivity index (χ1n) is 6.72. The maximum Gasteiger partial charge on any atom is 0.260 e. The third-order valence-corrected chi connectivity index (χ3v) is 2.78. The molecule has 0 aliphatic rings. The van der Waals surface area contributed by atoms with E-state index in [0.717, 1.165) is 0 Å². The third-order valence-electron chi connectivity index (χ3n) is 2.78. The summed E-state index contributed by atoms with van der Waals surface area (Å²) in [7, 11) is 5.90. The number of rotatable bonds is 6. The van der Waals surface area contributed by atoms with Crippen molar-refractivity contribution in [2.24, 2.45) is 0 Å². The summed E-state index contributed by atoms with van der Waals surface area (Å²) in [5.74, 6) is 1.41. The van der Waals surface area contributed by atoms with Crippen LogP contribution in [0.4, 0.5) is 0 Å². The number of nitrogens with zero attached hydrogens (tertiary/aromatic N) is 4. The van der Waals surface area contributed by atoms with Gasteiger partial charge in [0.1, 0.15) is 24.0 Å². The summed E-state index contributed by atoms with van der Waals surface area (Å²) in [6, 6.07) is 0. The van der Waals surface area contributed by atoms with Crippen LogP contribution in [0.25, 0.3) is 0 Å². The van der Waals surface area contributed by atoms with Gasteiger partial charge >= 0.3 is 0 Å². The van der Waals surface area contributed by atoms with Crippen molar-refractivity contribution in [3.63, 3.8) is 0 Å². The Bertz CT molecular complexity index is 541. The molecule has 24 heavy (non-hydrogen) atoms. The van der Waals surface area contributed by atoms with E-state index < -0.39 is 0 Å². The molecule has 0 fully saturated rings. The Hall–Kier alpha value is -2.72. The van der Waals surface area contributed by atoms with E-state index in [2.05, 4.69) is 19.9 Å². The second-order valence-corrected chi connectivity index (χ2v) is 4.04. The minimum absolute atomic E-state index is 0.192. The van der Waals surface area contributed by atoms with Crippen molar-refractivity contribution in [3.8, 4) is 23.3 Å². The average molecular weight is 340 g/mol. The lowest BCUT2D eigenvalue weighted by atomic mass is 10.4. The Morgan fingerprint density at radius 1 is 0.667 bits per heavy atom. The summed E-state index contributed by atoms with van der Waals surface area (Å²) >= 11 is 0.